The number of thiazole rings is 1. The zero-order chi connectivity index (χ0) is 14.6. The average Bonchev–Trinajstić information content (AvgIpc) is 2.74. The Kier molecular flexibility index (Phi) is 5.29. The zero-order valence-electron chi connectivity index (χ0n) is 11.4. The molecule has 1 aromatic heterocycles. The molecule has 19 heavy (non-hydrogen) atoms. The first-order valence-electron chi connectivity index (χ1n) is 5.95. The number of aromatic nitrogens is 1. The molecular formula is C12H18N2O4S. The largest absolute Gasteiger partial charge is 0.480 e. The Morgan fingerprint density at radius 3 is 2.63 bits per heavy atom. The van der Waals surface area contributed by atoms with Crippen molar-refractivity contribution in [2.75, 3.05) is 12.4 Å². The number of nitrogens with one attached hydrogen (secondary N) is 1. The molecule has 1 heterocycles. The van der Waals surface area contributed by atoms with Crippen molar-refractivity contribution in [1.29, 1.82) is 0 Å². The van der Waals surface area contributed by atoms with Crippen LogP contribution in [0.1, 0.15) is 35.6 Å². The molecule has 0 saturated heterocycles. The van der Waals surface area contributed by atoms with Gasteiger partial charge in [0.25, 0.3) is 0 Å². The molecule has 0 amide bonds. The highest BCUT2D eigenvalue weighted by atomic mass is 32.1. The van der Waals surface area contributed by atoms with E-state index in [4.69, 9.17) is 0 Å². The molecule has 1 aromatic rings. The van der Waals surface area contributed by atoms with Crippen LogP contribution in [0.4, 0.5) is 5.13 Å². The molecular weight excluding hydrogens is 268 g/mol. The summed E-state index contributed by atoms with van der Waals surface area (Å²) in [6.07, 6.45) is 0.734. The number of methoxy groups -OCH3 is 1. The monoisotopic (exact) mass is 286 g/mol. The van der Waals surface area contributed by atoms with Crippen molar-refractivity contribution in [3.8, 4) is 0 Å². The summed E-state index contributed by atoms with van der Waals surface area (Å²) in [5, 5.41) is 12.5. The lowest BCUT2D eigenvalue weighted by Crippen LogP contribution is -2.35. The topological polar surface area (TPSA) is 88.5 Å². The molecule has 0 aromatic carbocycles. The molecule has 1 rings (SSSR count). The fourth-order valence-corrected chi connectivity index (χ4v) is 2.40. The molecule has 0 aliphatic rings. The van der Waals surface area contributed by atoms with Crippen LogP contribution < -0.4 is 5.32 Å². The number of aryl methyl sites for hydroxylation is 1. The molecule has 0 spiro atoms. The highest BCUT2D eigenvalue weighted by Gasteiger charge is 2.25. The van der Waals surface area contributed by atoms with Gasteiger partial charge in [-0.1, -0.05) is 20.3 Å². The molecule has 0 saturated carbocycles. The second-order valence-corrected chi connectivity index (χ2v) is 5.46. The minimum atomic E-state index is -0.929. The first-order chi connectivity index (χ1) is 8.90. The average molecular weight is 286 g/mol. The van der Waals surface area contributed by atoms with E-state index in [9.17, 15) is 14.7 Å². The van der Waals surface area contributed by atoms with Gasteiger partial charge < -0.3 is 15.2 Å². The number of rotatable bonds is 6. The lowest BCUT2D eigenvalue weighted by Gasteiger charge is -2.19. The fraction of sp³-hybridized carbons (Fsp3) is 0.583. The Bertz CT molecular complexity index is 472. The fourth-order valence-electron chi connectivity index (χ4n) is 1.56. The first kappa shape index (κ1) is 15.4. The van der Waals surface area contributed by atoms with Crippen LogP contribution in [0.15, 0.2) is 0 Å². The number of aliphatic carboxylic acids is 1. The highest BCUT2D eigenvalue weighted by molar-refractivity contribution is 7.15. The first-order valence-corrected chi connectivity index (χ1v) is 6.77. The van der Waals surface area contributed by atoms with Crippen LogP contribution in [0, 0.1) is 12.8 Å². The van der Waals surface area contributed by atoms with Gasteiger partial charge in [-0.2, -0.15) is 0 Å². The van der Waals surface area contributed by atoms with Crippen LogP contribution in [-0.4, -0.2) is 35.2 Å². The van der Waals surface area contributed by atoms with Gasteiger partial charge in [0.1, 0.15) is 6.04 Å². The molecule has 0 fully saturated rings. The van der Waals surface area contributed by atoms with Gasteiger partial charge in [0.15, 0.2) is 10.8 Å². The van der Waals surface area contributed by atoms with Crippen LogP contribution in [0.5, 0.6) is 0 Å². The normalized spacial score (nSPS) is 13.7. The van der Waals surface area contributed by atoms with Crippen molar-refractivity contribution in [3.63, 3.8) is 0 Å². The molecule has 7 heteroatoms. The van der Waals surface area contributed by atoms with Crippen molar-refractivity contribution in [2.45, 2.75) is 33.2 Å². The summed E-state index contributed by atoms with van der Waals surface area (Å²) >= 11 is 1.25. The summed E-state index contributed by atoms with van der Waals surface area (Å²) < 4.78 is 4.61. The second-order valence-electron chi connectivity index (χ2n) is 4.26. The number of carbonyl (C=O) groups is 2. The summed E-state index contributed by atoms with van der Waals surface area (Å²) in [4.78, 5) is 27.4. The third kappa shape index (κ3) is 3.66. The maximum absolute atomic E-state index is 11.4. The summed E-state index contributed by atoms with van der Waals surface area (Å²) in [5.41, 5.74) is 0.225. The number of ether oxygens (including phenoxy) is 1. The number of carboxylic acids is 1. The van der Waals surface area contributed by atoms with E-state index >= 15 is 0 Å². The van der Waals surface area contributed by atoms with Gasteiger partial charge >= 0.3 is 11.9 Å². The van der Waals surface area contributed by atoms with Crippen molar-refractivity contribution in [2.24, 2.45) is 5.92 Å². The van der Waals surface area contributed by atoms with E-state index in [1.54, 1.807) is 6.92 Å². The smallest absolute Gasteiger partial charge is 0.357 e. The third-order valence-electron chi connectivity index (χ3n) is 2.93. The molecule has 0 aliphatic carbocycles. The van der Waals surface area contributed by atoms with Gasteiger partial charge in [-0.25, -0.2) is 14.6 Å². The number of anilines is 1. The van der Waals surface area contributed by atoms with E-state index in [2.05, 4.69) is 15.0 Å². The zero-order valence-corrected chi connectivity index (χ0v) is 12.2. The van der Waals surface area contributed by atoms with Gasteiger partial charge in [0.05, 0.1) is 7.11 Å². The van der Waals surface area contributed by atoms with E-state index in [0.717, 1.165) is 6.42 Å². The van der Waals surface area contributed by atoms with Crippen molar-refractivity contribution in [1.82, 2.24) is 4.98 Å². The SMILES string of the molecule is CC[C@H](C)[C@H](Nc1nc(C(=O)OC)c(C)s1)C(=O)O. The summed E-state index contributed by atoms with van der Waals surface area (Å²) in [5.74, 6) is -1.48. The number of carbonyl (C=O) groups excluding carboxylic acids is 1. The standard InChI is InChI=1S/C12H18N2O4S/c1-5-6(2)8(10(15)16)13-12-14-9(7(3)19-12)11(17)18-4/h6,8H,5H2,1-4H3,(H,13,14)(H,15,16)/t6-,8-/m0/s1. The van der Waals surface area contributed by atoms with Gasteiger partial charge in [0.2, 0.25) is 0 Å². The summed E-state index contributed by atoms with van der Waals surface area (Å²) in [6, 6.07) is -0.721. The molecule has 106 valence electrons. The molecule has 0 unspecified atom stereocenters. The van der Waals surface area contributed by atoms with Crippen molar-refractivity contribution >= 4 is 28.4 Å². The number of nitrogens with zero attached hydrogens (tertiary/aromatic N) is 1. The van der Waals surface area contributed by atoms with Gasteiger partial charge in [-0.15, -0.1) is 11.3 Å². The predicted octanol–water partition coefficient (Wildman–Crippen LogP) is 2.15. The Hall–Kier alpha value is -1.63. The van der Waals surface area contributed by atoms with E-state index < -0.39 is 18.0 Å². The van der Waals surface area contributed by atoms with Gasteiger partial charge in [-0.3, -0.25) is 0 Å². The maximum atomic E-state index is 11.4. The van der Waals surface area contributed by atoms with E-state index in [1.807, 2.05) is 13.8 Å². The van der Waals surface area contributed by atoms with Crippen LogP contribution >= 0.6 is 11.3 Å². The van der Waals surface area contributed by atoms with Crippen molar-refractivity contribution < 1.29 is 19.4 Å². The lowest BCUT2D eigenvalue weighted by atomic mass is 10.00. The van der Waals surface area contributed by atoms with Crippen LogP contribution in [0.25, 0.3) is 0 Å². The minimum absolute atomic E-state index is 0.0386. The maximum Gasteiger partial charge on any atom is 0.357 e. The van der Waals surface area contributed by atoms with Crippen LogP contribution in [0.2, 0.25) is 0 Å². The number of hydrogen-bond acceptors (Lipinski definition) is 6. The Balaban J connectivity index is 2.92. The molecule has 0 radical (unpaired) electrons. The minimum Gasteiger partial charge on any atom is -0.480 e. The molecule has 0 bridgehead atoms. The Morgan fingerprint density at radius 2 is 2.16 bits per heavy atom. The Morgan fingerprint density at radius 1 is 1.53 bits per heavy atom. The van der Waals surface area contributed by atoms with Crippen LogP contribution in [-0.2, 0) is 9.53 Å². The Labute approximate surface area is 115 Å². The third-order valence-corrected chi connectivity index (χ3v) is 3.84. The molecule has 6 nitrogen and oxygen atoms in total. The molecule has 2 atom stereocenters. The van der Waals surface area contributed by atoms with Crippen LogP contribution in [0.3, 0.4) is 0 Å². The molecule has 0 aliphatic heterocycles. The quantitative estimate of drug-likeness (QED) is 0.779. The van der Waals surface area contributed by atoms with E-state index in [0.29, 0.717) is 10.0 Å². The molecule has 2 N–H and O–H groups in total. The highest BCUT2D eigenvalue weighted by Crippen LogP contribution is 2.25. The number of esters is 1. The van der Waals surface area contributed by atoms with E-state index in [-0.39, 0.29) is 11.6 Å². The van der Waals surface area contributed by atoms with Crippen molar-refractivity contribution in [3.05, 3.63) is 10.6 Å². The summed E-state index contributed by atoms with van der Waals surface area (Å²) in [6.45, 7) is 5.52. The van der Waals surface area contributed by atoms with E-state index in [1.165, 1.54) is 18.4 Å². The second kappa shape index (κ2) is 6.51. The number of hydrogen-bond donors (Lipinski definition) is 2. The van der Waals surface area contributed by atoms with Gasteiger partial charge in [0, 0.05) is 4.88 Å². The predicted molar refractivity (Wildman–Crippen MR) is 72.7 cm³/mol. The summed E-state index contributed by atoms with van der Waals surface area (Å²) in [7, 11) is 1.29. The number of carboxylic acid groups (broad SMARTS) is 1. The lowest BCUT2D eigenvalue weighted by molar-refractivity contribution is -0.139. The van der Waals surface area contributed by atoms with Gasteiger partial charge in [-0.05, 0) is 12.8 Å².